The molecule has 0 aromatic heterocycles. The lowest BCUT2D eigenvalue weighted by Crippen LogP contribution is -2.30. The van der Waals surface area contributed by atoms with E-state index in [1.807, 2.05) is 36.4 Å². The first-order valence-electron chi connectivity index (χ1n) is 9.44. The number of hydrogen-bond donors (Lipinski definition) is 2. The number of benzene rings is 3. The summed E-state index contributed by atoms with van der Waals surface area (Å²) in [5, 5.41) is 2.79. The predicted octanol–water partition coefficient (Wildman–Crippen LogP) is 4.03. The molecule has 3 rings (SSSR count). The fraction of sp³-hybridized carbons (Fsp3) is 0.125. The van der Waals surface area contributed by atoms with E-state index >= 15 is 0 Å². The van der Waals surface area contributed by atoms with Crippen molar-refractivity contribution in [3.8, 4) is 11.8 Å². The van der Waals surface area contributed by atoms with Crippen LogP contribution in [0.3, 0.4) is 0 Å². The molecule has 0 aliphatic heterocycles. The summed E-state index contributed by atoms with van der Waals surface area (Å²) in [5.41, 5.74) is 2.49. The Bertz CT molecular complexity index is 1210. The zero-order valence-electron chi connectivity index (χ0n) is 16.7. The third-order valence-electron chi connectivity index (χ3n) is 4.04. The summed E-state index contributed by atoms with van der Waals surface area (Å²) in [6, 6.07) is 22.5. The molecule has 30 heavy (non-hydrogen) atoms. The maximum absolute atomic E-state index is 12.6. The molecule has 2 N–H and O–H groups in total. The molecule has 0 aliphatic rings. The molecule has 0 spiro atoms. The van der Waals surface area contributed by atoms with Gasteiger partial charge in [-0.15, -0.1) is 0 Å². The van der Waals surface area contributed by atoms with Gasteiger partial charge in [0.2, 0.25) is 10.0 Å². The molecule has 0 fully saturated rings. The lowest BCUT2D eigenvalue weighted by atomic mass is 10.1. The van der Waals surface area contributed by atoms with Gasteiger partial charge in [-0.2, -0.15) is 0 Å². The van der Waals surface area contributed by atoms with E-state index < -0.39 is 15.9 Å². The van der Waals surface area contributed by atoms with Crippen LogP contribution in [0.5, 0.6) is 0 Å². The second-order valence-electron chi connectivity index (χ2n) is 6.95. The summed E-state index contributed by atoms with van der Waals surface area (Å²) in [7, 11) is -3.68. The molecule has 6 heteroatoms. The summed E-state index contributed by atoms with van der Waals surface area (Å²) in [5.74, 6) is 5.75. The van der Waals surface area contributed by atoms with Gasteiger partial charge in [-0.3, -0.25) is 4.79 Å². The van der Waals surface area contributed by atoms with Crippen LogP contribution in [0.1, 0.15) is 35.3 Å². The number of amides is 1. The van der Waals surface area contributed by atoms with Gasteiger partial charge in [0.15, 0.2) is 0 Å². The zero-order chi connectivity index (χ0) is 21.6. The highest BCUT2D eigenvalue weighted by Gasteiger charge is 2.17. The SMILES string of the molecule is CC(C)NS(=O)(=O)c1cccc(C(=O)Nc2cccc(C#Cc3ccccc3)c2)c1. The number of anilines is 1. The summed E-state index contributed by atoms with van der Waals surface area (Å²) >= 11 is 0. The van der Waals surface area contributed by atoms with Gasteiger partial charge >= 0.3 is 0 Å². The number of nitrogens with one attached hydrogen (secondary N) is 2. The van der Waals surface area contributed by atoms with Gasteiger partial charge < -0.3 is 5.32 Å². The summed E-state index contributed by atoms with van der Waals surface area (Å²) in [6.07, 6.45) is 0. The maximum atomic E-state index is 12.6. The molecule has 0 saturated carbocycles. The molecule has 0 saturated heterocycles. The summed E-state index contributed by atoms with van der Waals surface area (Å²) in [6.45, 7) is 3.48. The van der Waals surface area contributed by atoms with E-state index in [0.29, 0.717) is 5.69 Å². The van der Waals surface area contributed by atoms with Crippen molar-refractivity contribution in [1.82, 2.24) is 4.72 Å². The normalized spacial score (nSPS) is 10.9. The Balaban J connectivity index is 1.77. The number of hydrogen-bond acceptors (Lipinski definition) is 3. The quantitative estimate of drug-likeness (QED) is 0.615. The van der Waals surface area contributed by atoms with E-state index in [-0.39, 0.29) is 16.5 Å². The van der Waals surface area contributed by atoms with E-state index in [9.17, 15) is 13.2 Å². The van der Waals surface area contributed by atoms with Crippen LogP contribution >= 0.6 is 0 Å². The van der Waals surface area contributed by atoms with Crippen LogP contribution in [-0.2, 0) is 10.0 Å². The van der Waals surface area contributed by atoms with Crippen molar-refractivity contribution in [2.45, 2.75) is 24.8 Å². The lowest BCUT2D eigenvalue weighted by molar-refractivity contribution is 0.102. The van der Waals surface area contributed by atoms with Gasteiger partial charge in [0.1, 0.15) is 0 Å². The minimum Gasteiger partial charge on any atom is -0.322 e. The summed E-state index contributed by atoms with van der Waals surface area (Å²) in [4.78, 5) is 12.7. The molecular weight excluding hydrogens is 396 g/mol. The van der Waals surface area contributed by atoms with Crippen molar-refractivity contribution < 1.29 is 13.2 Å². The predicted molar refractivity (Wildman–Crippen MR) is 119 cm³/mol. The minimum atomic E-state index is -3.68. The number of carbonyl (C=O) groups is 1. The molecule has 0 radical (unpaired) electrons. The highest BCUT2D eigenvalue weighted by atomic mass is 32.2. The van der Waals surface area contributed by atoms with Crippen LogP contribution < -0.4 is 10.0 Å². The van der Waals surface area contributed by atoms with Gasteiger partial charge in [-0.05, 0) is 62.4 Å². The second kappa shape index (κ2) is 9.40. The van der Waals surface area contributed by atoms with Crippen LogP contribution in [0, 0.1) is 11.8 Å². The summed E-state index contributed by atoms with van der Waals surface area (Å²) < 4.78 is 27.2. The molecule has 3 aromatic rings. The van der Waals surface area contributed by atoms with Crippen molar-refractivity contribution in [2.24, 2.45) is 0 Å². The van der Waals surface area contributed by atoms with Crippen LogP contribution in [0.25, 0.3) is 0 Å². The molecule has 0 unspecified atom stereocenters. The Morgan fingerprint density at radius 1 is 0.833 bits per heavy atom. The average Bonchev–Trinajstić information content (AvgIpc) is 2.72. The minimum absolute atomic E-state index is 0.0475. The number of sulfonamides is 1. The number of rotatable bonds is 5. The van der Waals surface area contributed by atoms with E-state index in [1.165, 1.54) is 12.1 Å². The standard InChI is InChI=1S/C24H22N2O3S/c1-18(2)26-30(28,29)23-13-7-11-21(17-23)24(27)25-22-12-6-10-20(16-22)15-14-19-8-4-3-5-9-19/h3-13,16-18,26H,1-2H3,(H,25,27). The molecule has 0 heterocycles. The first kappa shape index (κ1) is 21.3. The Hall–Kier alpha value is -3.40. The largest absolute Gasteiger partial charge is 0.322 e. The topological polar surface area (TPSA) is 75.3 Å². The fourth-order valence-corrected chi connectivity index (χ4v) is 4.02. The highest BCUT2D eigenvalue weighted by Crippen LogP contribution is 2.15. The monoisotopic (exact) mass is 418 g/mol. The van der Waals surface area contributed by atoms with Gasteiger partial charge in [-0.25, -0.2) is 13.1 Å². The molecule has 1 amide bonds. The average molecular weight is 419 g/mol. The molecule has 3 aromatic carbocycles. The van der Waals surface area contributed by atoms with Crippen molar-refractivity contribution in [2.75, 3.05) is 5.32 Å². The van der Waals surface area contributed by atoms with Crippen molar-refractivity contribution in [3.63, 3.8) is 0 Å². The molecular formula is C24H22N2O3S. The van der Waals surface area contributed by atoms with Gasteiger partial charge in [0.25, 0.3) is 5.91 Å². The Morgan fingerprint density at radius 2 is 1.50 bits per heavy atom. The molecule has 5 nitrogen and oxygen atoms in total. The molecule has 152 valence electrons. The van der Waals surface area contributed by atoms with Crippen LogP contribution in [0.4, 0.5) is 5.69 Å². The Labute approximate surface area is 177 Å². The third-order valence-corrected chi connectivity index (χ3v) is 5.70. The first-order valence-corrected chi connectivity index (χ1v) is 10.9. The van der Waals surface area contributed by atoms with Crippen molar-refractivity contribution in [1.29, 1.82) is 0 Å². The Kier molecular flexibility index (Phi) is 6.68. The van der Waals surface area contributed by atoms with Crippen LogP contribution in [0.15, 0.2) is 83.8 Å². The zero-order valence-corrected chi connectivity index (χ0v) is 17.5. The van der Waals surface area contributed by atoms with E-state index in [0.717, 1.165) is 11.1 Å². The van der Waals surface area contributed by atoms with Gasteiger partial charge in [-0.1, -0.05) is 42.2 Å². The van der Waals surface area contributed by atoms with Crippen LogP contribution in [-0.4, -0.2) is 20.4 Å². The Morgan fingerprint density at radius 3 is 2.23 bits per heavy atom. The van der Waals surface area contributed by atoms with E-state index in [2.05, 4.69) is 21.9 Å². The number of carbonyl (C=O) groups excluding carboxylic acids is 1. The maximum Gasteiger partial charge on any atom is 0.255 e. The van der Waals surface area contributed by atoms with Gasteiger partial charge in [0.05, 0.1) is 4.90 Å². The van der Waals surface area contributed by atoms with E-state index in [1.54, 1.807) is 44.2 Å². The second-order valence-corrected chi connectivity index (χ2v) is 8.67. The molecule has 0 aliphatic carbocycles. The molecule has 0 bridgehead atoms. The third kappa shape index (κ3) is 5.80. The molecule has 0 atom stereocenters. The highest BCUT2D eigenvalue weighted by molar-refractivity contribution is 7.89. The van der Waals surface area contributed by atoms with Crippen molar-refractivity contribution >= 4 is 21.6 Å². The van der Waals surface area contributed by atoms with Crippen molar-refractivity contribution in [3.05, 3.63) is 95.6 Å². The van der Waals surface area contributed by atoms with E-state index in [4.69, 9.17) is 0 Å². The smallest absolute Gasteiger partial charge is 0.255 e. The lowest BCUT2D eigenvalue weighted by Gasteiger charge is -2.11. The van der Waals surface area contributed by atoms with Crippen LogP contribution in [0.2, 0.25) is 0 Å². The van der Waals surface area contributed by atoms with Gasteiger partial charge in [0, 0.05) is 28.4 Å². The fourth-order valence-electron chi connectivity index (χ4n) is 2.73. The first-order chi connectivity index (χ1) is 14.3.